The number of hydrogen-bond donors (Lipinski definition) is 1. The molecule has 1 saturated carbocycles. The monoisotopic (exact) mass is 330 g/mol. The Balaban J connectivity index is 1.76. The SMILES string of the molecule is COc1ccc(C[C@H]2C(=O)NC(=O)N(C3CCCCC3)C2=O)cc1. The molecule has 0 bridgehead atoms. The summed E-state index contributed by atoms with van der Waals surface area (Å²) in [7, 11) is 1.58. The number of benzene rings is 1. The van der Waals surface area contributed by atoms with Crippen LogP contribution in [0.2, 0.25) is 0 Å². The second kappa shape index (κ2) is 7.03. The molecule has 0 unspecified atom stereocenters. The van der Waals surface area contributed by atoms with E-state index in [0.717, 1.165) is 43.4 Å². The van der Waals surface area contributed by atoms with Crippen molar-refractivity contribution in [2.45, 2.75) is 44.6 Å². The molecule has 0 radical (unpaired) electrons. The number of barbiturate groups is 1. The van der Waals surface area contributed by atoms with E-state index in [-0.39, 0.29) is 18.4 Å². The Morgan fingerprint density at radius 1 is 1.08 bits per heavy atom. The number of amides is 4. The predicted molar refractivity (Wildman–Crippen MR) is 87.4 cm³/mol. The third-order valence-electron chi connectivity index (χ3n) is 4.84. The highest BCUT2D eigenvalue weighted by molar-refractivity contribution is 6.16. The normalized spacial score (nSPS) is 22.5. The van der Waals surface area contributed by atoms with E-state index in [0.29, 0.717) is 0 Å². The van der Waals surface area contributed by atoms with Crippen molar-refractivity contribution in [3.05, 3.63) is 29.8 Å². The lowest BCUT2D eigenvalue weighted by Crippen LogP contribution is -2.61. The molecule has 1 aromatic rings. The van der Waals surface area contributed by atoms with Crippen LogP contribution in [0.25, 0.3) is 0 Å². The van der Waals surface area contributed by atoms with Crippen LogP contribution in [-0.2, 0) is 16.0 Å². The fourth-order valence-electron chi connectivity index (χ4n) is 3.50. The Labute approximate surface area is 141 Å². The molecule has 2 fully saturated rings. The molecule has 24 heavy (non-hydrogen) atoms. The fraction of sp³-hybridized carbons (Fsp3) is 0.500. The number of hydrogen-bond acceptors (Lipinski definition) is 4. The smallest absolute Gasteiger partial charge is 0.331 e. The van der Waals surface area contributed by atoms with Gasteiger partial charge in [0.25, 0.3) is 0 Å². The zero-order chi connectivity index (χ0) is 17.1. The standard InChI is InChI=1S/C18H22N2O4/c1-24-14-9-7-12(8-10-14)11-15-16(21)19-18(23)20(17(15)22)13-5-3-2-4-6-13/h7-10,13,15H,2-6,11H2,1H3,(H,19,21,23)/t15-/m0/s1. The van der Waals surface area contributed by atoms with Gasteiger partial charge in [-0.05, 0) is 37.0 Å². The molecule has 1 heterocycles. The third kappa shape index (κ3) is 3.27. The van der Waals surface area contributed by atoms with Gasteiger partial charge in [0.15, 0.2) is 0 Å². The summed E-state index contributed by atoms with van der Waals surface area (Å²) in [4.78, 5) is 38.4. The molecule has 1 saturated heterocycles. The fourth-order valence-corrected chi connectivity index (χ4v) is 3.50. The Hall–Kier alpha value is -2.37. The molecule has 128 valence electrons. The molecule has 0 spiro atoms. The Morgan fingerprint density at radius 3 is 2.38 bits per heavy atom. The summed E-state index contributed by atoms with van der Waals surface area (Å²) >= 11 is 0. The predicted octanol–water partition coefficient (Wildman–Crippen LogP) is 2.27. The quantitative estimate of drug-likeness (QED) is 0.859. The minimum atomic E-state index is -0.849. The van der Waals surface area contributed by atoms with E-state index in [1.54, 1.807) is 19.2 Å². The van der Waals surface area contributed by atoms with Gasteiger partial charge in [0, 0.05) is 6.04 Å². The molecule has 3 rings (SSSR count). The molecule has 0 aromatic heterocycles. The first-order valence-corrected chi connectivity index (χ1v) is 8.41. The summed E-state index contributed by atoms with van der Waals surface area (Å²) in [6.45, 7) is 0. The number of carbonyl (C=O) groups excluding carboxylic acids is 3. The summed E-state index contributed by atoms with van der Waals surface area (Å²) in [6.07, 6.45) is 5.09. The first-order valence-electron chi connectivity index (χ1n) is 8.41. The second-order valence-corrected chi connectivity index (χ2v) is 6.40. The molecule has 1 atom stereocenters. The van der Waals surface area contributed by atoms with Crippen LogP contribution in [0, 0.1) is 5.92 Å². The van der Waals surface area contributed by atoms with Crippen molar-refractivity contribution in [3.8, 4) is 5.75 Å². The van der Waals surface area contributed by atoms with E-state index in [9.17, 15) is 14.4 Å². The Kier molecular flexibility index (Phi) is 4.83. The number of rotatable bonds is 4. The summed E-state index contributed by atoms with van der Waals surface area (Å²) in [5.41, 5.74) is 0.863. The highest BCUT2D eigenvalue weighted by atomic mass is 16.5. The van der Waals surface area contributed by atoms with E-state index >= 15 is 0 Å². The van der Waals surface area contributed by atoms with Gasteiger partial charge >= 0.3 is 6.03 Å². The minimum absolute atomic E-state index is 0.0854. The van der Waals surface area contributed by atoms with Crippen molar-refractivity contribution in [1.29, 1.82) is 0 Å². The average Bonchev–Trinajstić information content (AvgIpc) is 2.60. The number of carbonyl (C=O) groups is 3. The number of urea groups is 1. The molecule has 6 heteroatoms. The van der Waals surface area contributed by atoms with Crippen molar-refractivity contribution in [3.63, 3.8) is 0 Å². The van der Waals surface area contributed by atoms with Crippen LogP contribution in [-0.4, -0.2) is 35.9 Å². The van der Waals surface area contributed by atoms with Gasteiger partial charge in [-0.1, -0.05) is 31.4 Å². The molecule has 1 N–H and O–H groups in total. The highest BCUT2D eigenvalue weighted by Gasteiger charge is 2.43. The van der Waals surface area contributed by atoms with E-state index in [1.165, 1.54) is 4.90 Å². The van der Waals surface area contributed by atoms with Crippen LogP contribution >= 0.6 is 0 Å². The first-order chi connectivity index (χ1) is 11.6. The van der Waals surface area contributed by atoms with E-state index < -0.39 is 17.9 Å². The van der Waals surface area contributed by atoms with Gasteiger partial charge in [-0.3, -0.25) is 19.8 Å². The summed E-state index contributed by atoms with van der Waals surface area (Å²) < 4.78 is 5.11. The number of imide groups is 2. The maximum atomic E-state index is 12.8. The summed E-state index contributed by atoms with van der Waals surface area (Å²) in [6, 6.07) is 6.61. The van der Waals surface area contributed by atoms with E-state index in [2.05, 4.69) is 5.32 Å². The molecular weight excluding hydrogens is 308 g/mol. The molecular formula is C18H22N2O4. The Bertz CT molecular complexity index is 635. The van der Waals surface area contributed by atoms with Crippen LogP contribution in [0.5, 0.6) is 5.75 Å². The number of methoxy groups -OCH3 is 1. The average molecular weight is 330 g/mol. The molecule has 1 aliphatic heterocycles. The van der Waals surface area contributed by atoms with Gasteiger partial charge in [0.2, 0.25) is 11.8 Å². The molecule has 4 amide bonds. The van der Waals surface area contributed by atoms with Crippen molar-refractivity contribution in [1.82, 2.24) is 10.2 Å². The van der Waals surface area contributed by atoms with Gasteiger partial charge in [0.1, 0.15) is 11.7 Å². The van der Waals surface area contributed by atoms with Crippen LogP contribution in [0.1, 0.15) is 37.7 Å². The van der Waals surface area contributed by atoms with Crippen molar-refractivity contribution < 1.29 is 19.1 Å². The number of nitrogens with zero attached hydrogens (tertiary/aromatic N) is 1. The molecule has 6 nitrogen and oxygen atoms in total. The molecule has 1 aliphatic carbocycles. The maximum absolute atomic E-state index is 12.8. The first kappa shape index (κ1) is 16.5. The maximum Gasteiger partial charge on any atom is 0.331 e. The lowest BCUT2D eigenvalue weighted by molar-refractivity contribution is -0.144. The van der Waals surface area contributed by atoms with Crippen LogP contribution in [0.15, 0.2) is 24.3 Å². The van der Waals surface area contributed by atoms with E-state index in [1.807, 2.05) is 12.1 Å². The van der Waals surface area contributed by atoms with Gasteiger partial charge in [-0.2, -0.15) is 0 Å². The van der Waals surface area contributed by atoms with Gasteiger partial charge in [-0.25, -0.2) is 4.79 Å². The van der Waals surface area contributed by atoms with Crippen molar-refractivity contribution >= 4 is 17.8 Å². The third-order valence-corrected chi connectivity index (χ3v) is 4.84. The van der Waals surface area contributed by atoms with E-state index in [4.69, 9.17) is 4.74 Å². The molecule has 2 aliphatic rings. The van der Waals surface area contributed by atoms with Gasteiger partial charge in [-0.15, -0.1) is 0 Å². The largest absolute Gasteiger partial charge is 0.497 e. The van der Waals surface area contributed by atoms with Crippen molar-refractivity contribution in [2.24, 2.45) is 5.92 Å². The second-order valence-electron chi connectivity index (χ2n) is 6.40. The van der Waals surface area contributed by atoms with Crippen LogP contribution in [0.3, 0.4) is 0 Å². The minimum Gasteiger partial charge on any atom is -0.497 e. The summed E-state index contributed by atoms with van der Waals surface area (Å²) in [5, 5.41) is 2.35. The zero-order valence-corrected chi connectivity index (χ0v) is 13.8. The lowest BCUT2D eigenvalue weighted by atomic mass is 9.90. The Morgan fingerprint density at radius 2 is 1.75 bits per heavy atom. The molecule has 1 aromatic carbocycles. The van der Waals surface area contributed by atoms with Crippen molar-refractivity contribution in [2.75, 3.05) is 7.11 Å². The number of nitrogens with one attached hydrogen (secondary N) is 1. The van der Waals surface area contributed by atoms with Crippen LogP contribution in [0.4, 0.5) is 4.79 Å². The number of ether oxygens (including phenoxy) is 1. The summed E-state index contributed by atoms with van der Waals surface area (Å²) in [5.74, 6) is -1.01. The van der Waals surface area contributed by atoms with Gasteiger partial charge < -0.3 is 4.74 Å². The highest BCUT2D eigenvalue weighted by Crippen LogP contribution is 2.27. The van der Waals surface area contributed by atoms with Crippen LogP contribution < -0.4 is 10.1 Å². The topological polar surface area (TPSA) is 75.7 Å². The zero-order valence-electron chi connectivity index (χ0n) is 13.8. The lowest BCUT2D eigenvalue weighted by Gasteiger charge is -2.37. The van der Waals surface area contributed by atoms with Gasteiger partial charge in [0.05, 0.1) is 7.11 Å².